The van der Waals surface area contributed by atoms with E-state index in [2.05, 4.69) is 89.1 Å². The Hall–Kier alpha value is -3.20. The van der Waals surface area contributed by atoms with Gasteiger partial charge in [0, 0.05) is 63.7 Å². The van der Waals surface area contributed by atoms with Crippen LogP contribution in [0.3, 0.4) is 0 Å². The van der Waals surface area contributed by atoms with Gasteiger partial charge in [0.05, 0.1) is 18.9 Å². The molecular weight excluding hydrogens is 496 g/mol. The fourth-order valence-corrected chi connectivity index (χ4v) is 4.87. The summed E-state index contributed by atoms with van der Waals surface area (Å²) in [6, 6.07) is 17.4. The van der Waals surface area contributed by atoms with Gasteiger partial charge in [0.15, 0.2) is 12.4 Å². The highest BCUT2D eigenvalue weighted by Gasteiger charge is 2.16. The zero-order chi connectivity index (χ0) is 25.6. The largest absolute Gasteiger partial charge is 1.00 e. The van der Waals surface area contributed by atoms with Gasteiger partial charge in [-0.15, -0.1) is 9.35 Å². The van der Waals surface area contributed by atoms with Crippen LogP contribution in [-0.2, 0) is 6.42 Å². The number of nitrogens with zero attached hydrogens (tertiary/aromatic N) is 8. The van der Waals surface area contributed by atoms with Crippen molar-refractivity contribution in [1.82, 2.24) is 14.5 Å². The minimum atomic E-state index is 0. The maximum absolute atomic E-state index is 4.71. The van der Waals surface area contributed by atoms with Crippen LogP contribution in [0, 0.1) is 0 Å². The van der Waals surface area contributed by atoms with Crippen molar-refractivity contribution in [2.45, 2.75) is 13.3 Å². The van der Waals surface area contributed by atoms with Crippen molar-refractivity contribution in [1.29, 1.82) is 0 Å². The molecule has 202 valence electrons. The van der Waals surface area contributed by atoms with E-state index in [0.29, 0.717) is 0 Å². The smallest absolute Gasteiger partial charge is 0.307 e. The summed E-state index contributed by atoms with van der Waals surface area (Å²) in [6.45, 7) is 10.9. The number of hydrogen-bond acceptors (Lipinski definition) is 6. The molecule has 3 aromatic rings. The van der Waals surface area contributed by atoms with Crippen molar-refractivity contribution in [3.63, 3.8) is 0 Å². The highest BCUT2D eigenvalue weighted by Crippen LogP contribution is 2.17. The Kier molecular flexibility index (Phi) is 9.55. The van der Waals surface area contributed by atoms with Crippen molar-refractivity contribution in [2.75, 3.05) is 76.3 Å². The maximum Gasteiger partial charge on any atom is 0.307 e. The van der Waals surface area contributed by atoms with E-state index in [1.54, 1.807) is 0 Å². The van der Waals surface area contributed by atoms with E-state index in [1.807, 2.05) is 34.2 Å². The van der Waals surface area contributed by atoms with Crippen molar-refractivity contribution >= 4 is 23.8 Å². The van der Waals surface area contributed by atoms with Crippen molar-refractivity contribution in [3.8, 4) is 0 Å². The molecular formula is C29H39ClN8. The van der Waals surface area contributed by atoms with Gasteiger partial charge in [-0.2, -0.15) is 0 Å². The molecule has 2 saturated heterocycles. The van der Waals surface area contributed by atoms with Gasteiger partial charge in [-0.25, -0.2) is 0 Å². The summed E-state index contributed by atoms with van der Waals surface area (Å²) in [6.07, 6.45) is 8.58. The summed E-state index contributed by atoms with van der Waals surface area (Å²) < 4.78 is 3.81. The summed E-state index contributed by atoms with van der Waals surface area (Å²) >= 11 is 0. The van der Waals surface area contributed by atoms with Gasteiger partial charge in [0.1, 0.15) is 0 Å². The van der Waals surface area contributed by atoms with E-state index in [9.17, 15) is 0 Å². The molecule has 2 aliphatic rings. The monoisotopic (exact) mass is 534 g/mol. The molecule has 2 fully saturated rings. The Morgan fingerprint density at radius 3 is 1.66 bits per heavy atom. The number of halogens is 1. The van der Waals surface area contributed by atoms with Gasteiger partial charge >= 0.3 is 5.82 Å². The number of piperazine rings is 2. The minimum Gasteiger partial charge on any atom is -1.00 e. The molecule has 5 rings (SSSR count). The van der Waals surface area contributed by atoms with E-state index in [0.717, 1.165) is 75.7 Å². The second kappa shape index (κ2) is 13.0. The average molecular weight is 535 g/mol. The molecule has 9 heteroatoms. The Labute approximate surface area is 232 Å². The Balaban J connectivity index is 0.00000336. The summed E-state index contributed by atoms with van der Waals surface area (Å²) in [5.74, 6) is 1.02. The molecule has 0 saturated carbocycles. The number of benzene rings is 2. The molecule has 0 atom stereocenters. The molecule has 0 bridgehead atoms. The van der Waals surface area contributed by atoms with Crippen LogP contribution in [0.25, 0.3) is 0 Å². The van der Waals surface area contributed by atoms with Crippen LogP contribution in [0.15, 0.2) is 71.1 Å². The standard InChI is InChI=1S/C29H39N8.ClH/c1-4-29-36(30-23-25-5-9-27(10-6-25)34-17-13-32(2)14-18-34)21-22-37(29)31-24-26-7-11-28(12-8-26)35-19-15-33(3)16-20-35;/h5-12,21-24H,4,13-20H2,1-3H3;1H/q+1;/p-1/b30-23+,31-24+;. The molecule has 1 aromatic heterocycles. The van der Waals surface area contributed by atoms with Gasteiger partial charge in [-0.1, -0.05) is 41.4 Å². The van der Waals surface area contributed by atoms with Crippen LogP contribution < -0.4 is 26.9 Å². The van der Waals surface area contributed by atoms with Crippen molar-refractivity contribution < 1.29 is 17.1 Å². The van der Waals surface area contributed by atoms with Crippen LogP contribution in [0.1, 0.15) is 23.9 Å². The van der Waals surface area contributed by atoms with Crippen LogP contribution in [-0.4, -0.2) is 93.4 Å². The van der Waals surface area contributed by atoms with E-state index in [1.165, 1.54) is 11.4 Å². The van der Waals surface area contributed by atoms with Gasteiger partial charge in [0.25, 0.3) is 0 Å². The number of likely N-dealkylation sites (N-methyl/N-ethyl adjacent to an activating group) is 2. The molecule has 0 unspecified atom stereocenters. The SMILES string of the molecule is CCc1n(/N=C/c2ccc(N3CCN(C)CC3)cc2)cc[n+]1/N=C/c1ccc(N2CCN(C)CC2)cc1.[Cl-]. The second-order valence-electron chi connectivity index (χ2n) is 10.0. The lowest BCUT2D eigenvalue weighted by atomic mass is 10.2. The number of hydrogen-bond donors (Lipinski definition) is 0. The lowest BCUT2D eigenvalue weighted by Crippen LogP contribution is -3.00. The second-order valence-corrected chi connectivity index (χ2v) is 10.0. The fourth-order valence-electron chi connectivity index (χ4n) is 4.87. The normalized spacial score (nSPS) is 17.4. The number of aromatic nitrogens is 2. The molecule has 0 spiro atoms. The highest BCUT2D eigenvalue weighted by atomic mass is 35.5. The highest BCUT2D eigenvalue weighted by molar-refractivity contribution is 5.80. The lowest BCUT2D eigenvalue weighted by molar-refractivity contribution is -0.685. The van der Waals surface area contributed by atoms with E-state index in [4.69, 9.17) is 10.2 Å². The Morgan fingerprint density at radius 2 is 1.18 bits per heavy atom. The van der Waals surface area contributed by atoms with Gasteiger partial charge in [-0.05, 0) is 49.5 Å². The van der Waals surface area contributed by atoms with Gasteiger partial charge in [0.2, 0.25) is 0 Å². The first-order valence-corrected chi connectivity index (χ1v) is 13.4. The summed E-state index contributed by atoms with van der Waals surface area (Å²) in [5, 5.41) is 9.42. The molecule has 0 radical (unpaired) electrons. The molecule has 2 aromatic carbocycles. The summed E-state index contributed by atoms with van der Waals surface area (Å²) in [4.78, 5) is 9.65. The van der Waals surface area contributed by atoms with Gasteiger partial charge < -0.3 is 32.0 Å². The van der Waals surface area contributed by atoms with Crippen LogP contribution in [0.5, 0.6) is 0 Å². The third-order valence-electron chi connectivity index (χ3n) is 7.38. The first-order chi connectivity index (χ1) is 18.1. The van der Waals surface area contributed by atoms with E-state index < -0.39 is 0 Å². The molecule has 8 nitrogen and oxygen atoms in total. The number of imidazole rings is 1. The zero-order valence-corrected chi connectivity index (χ0v) is 23.5. The van der Waals surface area contributed by atoms with E-state index >= 15 is 0 Å². The molecule has 3 heterocycles. The third kappa shape index (κ3) is 6.81. The molecule has 0 amide bonds. The van der Waals surface area contributed by atoms with Crippen LogP contribution >= 0.6 is 0 Å². The zero-order valence-electron chi connectivity index (χ0n) is 22.7. The molecule has 2 aliphatic heterocycles. The molecule has 0 N–H and O–H groups in total. The van der Waals surface area contributed by atoms with E-state index in [-0.39, 0.29) is 12.4 Å². The number of anilines is 2. The Bertz CT molecular complexity index is 1110. The quantitative estimate of drug-likeness (QED) is 0.306. The fraction of sp³-hybridized carbons (Fsp3) is 0.414. The van der Waals surface area contributed by atoms with Crippen molar-refractivity contribution in [2.24, 2.45) is 10.2 Å². The topological polar surface area (TPSA) is 46.5 Å². The summed E-state index contributed by atoms with van der Waals surface area (Å²) in [7, 11) is 4.37. The number of rotatable bonds is 7. The Morgan fingerprint density at radius 1 is 0.711 bits per heavy atom. The molecule has 38 heavy (non-hydrogen) atoms. The van der Waals surface area contributed by atoms with Crippen LogP contribution in [0.4, 0.5) is 11.4 Å². The predicted octanol–water partition coefficient (Wildman–Crippen LogP) is -0.390. The predicted molar refractivity (Wildman–Crippen MR) is 152 cm³/mol. The van der Waals surface area contributed by atoms with Gasteiger partial charge in [-0.3, -0.25) is 0 Å². The maximum atomic E-state index is 4.71. The average Bonchev–Trinajstić information content (AvgIpc) is 3.34. The first kappa shape index (κ1) is 27.8. The summed E-state index contributed by atoms with van der Waals surface area (Å²) in [5.41, 5.74) is 4.74. The first-order valence-electron chi connectivity index (χ1n) is 13.4. The third-order valence-corrected chi connectivity index (χ3v) is 7.38. The molecule has 0 aliphatic carbocycles. The van der Waals surface area contributed by atoms with Crippen LogP contribution in [0.2, 0.25) is 0 Å². The minimum absolute atomic E-state index is 0. The lowest BCUT2D eigenvalue weighted by Gasteiger charge is -2.34. The van der Waals surface area contributed by atoms with Crippen molar-refractivity contribution in [3.05, 3.63) is 77.9 Å².